The molecule has 0 spiro atoms. The summed E-state index contributed by atoms with van der Waals surface area (Å²) in [6.07, 6.45) is 0.564. The number of esters is 2. The number of hydrogen-bond acceptors (Lipinski definition) is 6. The number of benzene rings is 1. The highest BCUT2D eigenvalue weighted by Crippen LogP contribution is 2.52. The molecule has 27 heavy (non-hydrogen) atoms. The summed E-state index contributed by atoms with van der Waals surface area (Å²) in [5, 5.41) is 0. The van der Waals surface area contributed by atoms with Crippen molar-refractivity contribution in [3.8, 4) is 17.6 Å². The molecule has 0 saturated heterocycles. The number of rotatable bonds is 3. The molecule has 1 saturated carbocycles. The van der Waals surface area contributed by atoms with Crippen molar-refractivity contribution in [2.45, 2.75) is 19.3 Å². The monoisotopic (exact) mass is 368 g/mol. The Hall–Kier alpha value is -3.07. The van der Waals surface area contributed by atoms with Gasteiger partial charge in [-0.15, -0.1) is 0 Å². The summed E-state index contributed by atoms with van der Waals surface area (Å²) in [7, 11) is 4.07. The van der Waals surface area contributed by atoms with E-state index in [1.807, 2.05) is 0 Å². The first kappa shape index (κ1) is 18.7. The first-order valence-corrected chi connectivity index (χ1v) is 8.54. The summed E-state index contributed by atoms with van der Waals surface area (Å²) in [5.74, 6) is 5.13. The molecule has 0 N–H and O–H groups in total. The molecule has 6 heteroatoms. The van der Waals surface area contributed by atoms with Crippen LogP contribution < -0.4 is 4.74 Å². The quantitative estimate of drug-likeness (QED) is 0.462. The van der Waals surface area contributed by atoms with Gasteiger partial charge in [0.1, 0.15) is 5.75 Å². The number of ether oxygens (including phenoxy) is 3. The molecule has 2 aliphatic carbocycles. The molecule has 1 aromatic carbocycles. The zero-order valence-corrected chi connectivity index (χ0v) is 15.5. The van der Waals surface area contributed by atoms with E-state index in [1.165, 1.54) is 14.2 Å². The van der Waals surface area contributed by atoms with Crippen LogP contribution in [0.5, 0.6) is 5.75 Å². The first-order chi connectivity index (χ1) is 12.9. The highest BCUT2D eigenvalue weighted by molar-refractivity contribution is 6.06. The van der Waals surface area contributed by atoms with E-state index in [9.17, 15) is 14.4 Å². The van der Waals surface area contributed by atoms with Gasteiger partial charge in [0.15, 0.2) is 11.2 Å². The molecule has 1 aromatic rings. The van der Waals surface area contributed by atoms with Crippen molar-refractivity contribution < 1.29 is 28.6 Å². The molecule has 0 amide bonds. The van der Waals surface area contributed by atoms with E-state index in [-0.39, 0.29) is 31.0 Å². The maximum Gasteiger partial charge on any atom is 0.323 e. The molecule has 1 fully saturated rings. The Morgan fingerprint density at radius 1 is 1.04 bits per heavy atom. The van der Waals surface area contributed by atoms with Crippen molar-refractivity contribution in [2.24, 2.45) is 11.3 Å². The molecule has 3 rings (SSSR count). The summed E-state index contributed by atoms with van der Waals surface area (Å²) in [6, 6.07) is 7.18. The Morgan fingerprint density at radius 3 is 2.22 bits per heavy atom. The number of carbonyl (C=O) groups excluding carboxylic acids is 3. The van der Waals surface area contributed by atoms with E-state index in [1.54, 1.807) is 31.4 Å². The van der Waals surface area contributed by atoms with Crippen LogP contribution >= 0.6 is 0 Å². The lowest BCUT2D eigenvalue weighted by atomic mass is 9.83. The maximum atomic E-state index is 12.4. The van der Waals surface area contributed by atoms with Crippen LogP contribution in [0.1, 0.15) is 24.8 Å². The maximum absolute atomic E-state index is 12.4. The lowest BCUT2D eigenvalue weighted by molar-refractivity contribution is -0.168. The van der Waals surface area contributed by atoms with Crippen molar-refractivity contribution in [1.82, 2.24) is 0 Å². The zero-order chi connectivity index (χ0) is 19.6. The normalized spacial score (nSPS) is 19.8. The van der Waals surface area contributed by atoms with E-state index in [0.29, 0.717) is 5.57 Å². The SMILES string of the molecule is COC(=O)C1(C(=O)OC)CC2=C(C#Cc3ccc(OC)cc3)C(=O)CC2C1. The molecule has 0 bridgehead atoms. The fourth-order valence-electron chi connectivity index (χ4n) is 3.82. The minimum Gasteiger partial charge on any atom is -0.497 e. The van der Waals surface area contributed by atoms with Gasteiger partial charge in [0.05, 0.1) is 26.9 Å². The molecule has 2 aliphatic rings. The average Bonchev–Trinajstić information content (AvgIpc) is 3.20. The Morgan fingerprint density at radius 2 is 1.67 bits per heavy atom. The Labute approximate surface area is 157 Å². The van der Waals surface area contributed by atoms with Gasteiger partial charge in [-0.2, -0.15) is 0 Å². The molecule has 1 atom stereocenters. The second-order valence-electron chi connectivity index (χ2n) is 6.65. The highest BCUT2D eigenvalue weighted by Gasteiger charge is 2.58. The van der Waals surface area contributed by atoms with Crippen molar-refractivity contribution in [3.63, 3.8) is 0 Å². The predicted octanol–water partition coefficient (Wildman–Crippen LogP) is 2.06. The number of hydrogen-bond donors (Lipinski definition) is 0. The molecule has 1 unspecified atom stereocenters. The molecular formula is C21H20O6. The fraction of sp³-hybridized carbons (Fsp3) is 0.381. The van der Waals surface area contributed by atoms with Gasteiger partial charge < -0.3 is 14.2 Å². The van der Waals surface area contributed by atoms with Crippen LogP contribution in [0.2, 0.25) is 0 Å². The molecule has 6 nitrogen and oxygen atoms in total. The number of Topliss-reactive ketones (excluding diaryl/α,β-unsaturated/α-hetero) is 1. The van der Waals surface area contributed by atoms with Gasteiger partial charge in [-0.25, -0.2) is 0 Å². The number of carbonyl (C=O) groups is 3. The van der Waals surface area contributed by atoms with Crippen molar-refractivity contribution in [3.05, 3.63) is 41.0 Å². The zero-order valence-electron chi connectivity index (χ0n) is 15.5. The van der Waals surface area contributed by atoms with Gasteiger partial charge in [0.2, 0.25) is 0 Å². The summed E-state index contributed by atoms with van der Waals surface area (Å²) in [6.45, 7) is 0. The highest BCUT2D eigenvalue weighted by atomic mass is 16.5. The van der Waals surface area contributed by atoms with Crippen LogP contribution in [-0.4, -0.2) is 39.1 Å². The van der Waals surface area contributed by atoms with Crippen LogP contribution in [0.15, 0.2) is 35.4 Å². The lowest BCUT2D eigenvalue weighted by Crippen LogP contribution is -2.39. The van der Waals surface area contributed by atoms with E-state index in [2.05, 4.69) is 11.8 Å². The number of allylic oxidation sites excluding steroid dienone is 2. The largest absolute Gasteiger partial charge is 0.497 e. The predicted molar refractivity (Wildman–Crippen MR) is 95.7 cm³/mol. The second kappa shape index (κ2) is 7.28. The van der Waals surface area contributed by atoms with Gasteiger partial charge in [-0.1, -0.05) is 11.8 Å². The van der Waals surface area contributed by atoms with E-state index < -0.39 is 17.4 Å². The van der Waals surface area contributed by atoms with Gasteiger partial charge in [0, 0.05) is 12.0 Å². The van der Waals surface area contributed by atoms with Crippen LogP contribution in [0.25, 0.3) is 0 Å². The third-order valence-corrected chi connectivity index (χ3v) is 5.19. The van der Waals surface area contributed by atoms with Crippen LogP contribution in [0, 0.1) is 23.2 Å². The molecule has 0 aliphatic heterocycles. The minimum atomic E-state index is -1.39. The summed E-state index contributed by atoms with van der Waals surface area (Å²) in [5.41, 5.74) is 0.490. The topological polar surface area (TPSA) is 78.9 Å². The van der Waals surface area contributed by atoms with Gasteiger partial charge in [-0.3, -0.25) is 14.4 Å². The van der Waals surface area contributed by atoms with Crippen LogP contribution in [-0.2, 0) is 23.9 Å². The molecule has 0 aromatic heterocycles. The standard InChI is InChI=1S/C21H20O6/c1-25-15-7-4-13(5-8-15)6-9-16-17-12-21(19(23)26-2,20(24)27-3)11-14(17)10-18(16)22/h4-5,7-8,14H,10-12H2,1-3H3. The number of ketones is 1. The first-order valence-electron chi connectivity index (χ1n) is 8.54. The van der Waals surface area contributed by atoms with E-state index in [4.69, 9.17) is 14.2 Å². The van der Waals surface area contributed by atoms with E-state index >= 15 is 0 Å². The Kier molecular flexibility index (Phi) is 5.04. The summed E-state index contributed by atoms with van der Waals surface area (Å²) >= 11 is 0. The number of fused-ring (bicyclic) bond motifs is 1. The van der Waals surface area contributed by atoms with Crippen LogP contribution in [0.4, 0.5) is 0 Å². The minimum absolute atomic E-state index is 0.0562. The Balaban J connectivity index is 1.95. The van der Waals surface area contributed by atoms with Crippen molar-refractivity contribution >= 4 is 17.7 Å². The van der Waals surface area contributed by atoms with Crippen LogP contribution in [0.3, 0.4) is 0 Å². The summed E-state index contributed by atoms with van der Waals surface area (Å²) in [4.78, 5) is 37.0. The van der Waals surface area contributed by atoms with Gasteiger partial charge in [-0.05, 0) is 48.6 Å². The lowest BCUT2D eigenvalue weighted by Gasteiger charge is -2.23. The molecule has 140 valence electrons. The third kappa shape index (κ3) is 3.21. The Bertz CT molecular complexity index is 865. The molecule has 0 heterocycles. The average molecular weight is 368 g/mol. The molecular weight excluding hydrogens is 348 g/mol. The number of methoxy groups -OCH3 is 3. The fourth-order valence-corrected chi connectivity index (χ4v) is 3.82. The van der Waals surface area contributed by atoms with Gasteiger partial charge >= 0.3 is 11.9 Å². The second-order valence-corrected chi connectivity index (χ2v) is 6.65. The van der Waals surface area contributed by atoms with Gasteiger partial charge in [0.25, 0.3) is 0 Å². The van der Waals surface area contributed by atoms with E-state index in [0.717, 1.165) is 16.9 Å². The van der Waals surface area contributed by atoms with Crippen molar-refractivity contribution in [1.29, 1.82) is 0 Å². The smallest absolute Gasteiger partial charge is 0.323 e. The third-order valence-electron chi connectivity index (χ3n) is 5.19. The summed E-state index contributed by atoms with van der Waals surface area (Å²) < 4.78 is 14.8. The molecule has 0 radical (unpaired) electrons. The van der Waals surface area contributed by atoms with Crippen molar-refractivity contribution in [2.75, 3.05) is 21.3 Å².